The van der Waals surface area contributed by atoms with E-state index < -0.39 is 5.60 Å². The Morgan fingerprint density at radius 3 is 2.56 bits per heavy atom. The number of benzene rings is 1. The van der Waals surface area contributed by atoms with Gasteiger partial charge in [0.1, 0.15) is 0 Å². The molecule has 1 aromatic rings. The van der Waals surface area contributed by atoms with Gasteiger partial charge in [0, 0.05) is 18.3 Å². The summed E-state index contributed by atoms with van der Waals surface area (Å²) in [7, 11) is 0. The SMILES string of the molecule is CC(c1ccc(N)cc1)N1CCCC(C)(O)CC1. The summed E-state index contributed by atoms with van der Waals surface area (Å²) in [6, 6.07) is 8.51. The van der Waals surface area contributed by atoms with Crippen molar-refractivity contribution in [3.8, 4) is 0 Å². The molecule has 2 rings (SSSR count). The third-order valence-electron chi connectivity index (χ3n) is 4.06. The topological polar surface area (TPSA) is 49.5 Å². The molecule has 0 bridgehead atoms. The van der Waals surface area contributed by atoms with Crippen molar-refractivity contribution in [3.63, 3.8) is 0 Å². The summed E-state index contributed by atoms with van der Waals surface area (Å²) in [6.07, 6.45) is 2.82. The molecule has 2 atom stereocenters. The van der Waals surface area contributed by atoms with Gasteiger partial charge in [-0.05, 0) is 57.4 Å². The number of anilines is 1. The van der Waals surface area contributed by atoms with E-state index >= 15 is 0 Å². The van der Waals surface area contributed by atoms with Crippen LogP contribution in [0.2, 0.25) is 0 Å². The highest BCUT2D eigenvalue weighted by Crippen LogP contribution is 2.27. The first-order valence-corrected chi connectivity index (χ1v) is 6.80. The van der Waals surface area contributed by atoms with Gasteiger partial charge in [0.2, 0.25) is 0 Å². The molecule has 1 saturated heterocycles. The highest BCUT2D eigenvalue weighted by molar-refractivity contribution is 5.40. The molecule has 18 heavy (non-hydrogen) atoms. The van der Waals surface area contributed by atoms with Gasteiger partial charge in [0.15, 0.2) is 0 Å². The number of nitrogen functional groups attached to an aromatic ring is 1. The van der Waals surface area contributed by atoms with E-state index in [2.05, 4.69) is 24.0 Å². The van der Waals surface area contributed by atoms with Crippen molar-refractivity contribution in [1.29, 1.82) is 0 Å². The molecule has 3 nitrogen and oxygen atoms in total. The van der Waals surface area contributed by atoms with Crippen molar-refractivity contribution in [2.45, 2.75) is 44.8 Å². The number of hydrogen-bond acceptors (Lipinski definition) is 3. The van der Waals surface area contributed by atoms with Crippen molar-refractivity contribution < 1.29 is 5.11 Å². The lowest BCUT2D eigenvalue weighted by Crippen LogP contribution is -2.30. The fourth-order valence-electron chi connectivity index (χ4n) is 2.66. The molecule has 1 aromatic carbocycles. The Morgan fingerprint density at radius 2 is 1.89 bits per heavy atom. The first-order valence-electron chi connectivity index (χ1n) is 6.80. The van der Waals surface area contributed by atoms with E-state index in [9.17, 15) is 5.11 Å². The predicted molar refractivity (Wildman–Crippen MR) is 75.3 cm³/mol. The quantitative estimate of drug-likeness (QED) is 0.791. The average molecular weight is 248 g/mol. The van der Waals surface area contributed by atoms with E-state index in [1.165, 1.54) is 5.56 Å². The van der Waals surface area contributed by atoms with Crippen LogP contribution in [0.1, 0.15) is 44.7 Å². The summed E-state index contributed by atoms with van der Waals surface area (Å²) in [4.78, 5) is 2.45. The van der Waals surface area contributed by atoms with Crippen LogP contribution in [-0.4, -0.2) is 28.7 Å². The van der Waals surface area contributed by atoms with E-state index in [4.69, 9.17) is 5.73 Å². The van der Waals surface area contributed by atoms with Crippen LogP contribution in [0.15, 0.2) is 24.3 Å². The molecule has 0 saturated carbocycles. The largest absolute Gasteiger partial charge is 0.399 e. The second-order valence-corrected chi connectivity index (χ2v) is 5.73. The zero-order chi connectivity index (χ0) is 13.2. The van der Waals surface area contributed by atoms with Gasteiger partial charge in [-0.1, -0.05) is 12.1 Å². The summed E-state index contributed by atoms with van der Waals surface area (Å²) >= 11 is 0. The maximum absolute atomic E-state index is 10.1. The Morgan fingerprint density at radius 1 is 1.22 bits per heavy atom. The van der Waals surface area contributed by atoms with Gasteiger partial charge in [-0.3, -0.25) is 4.90 Å². The third kappa shape index (κ3) is 3.24. The minimum atomic E-state index is -0.490. The molecule has 0 spiro atoms. The van der Waals surface area contributed by atoms with E-state index in [0.717, 1.165) is 38.0 Å². The maximum atomic E-state index is 10.1. The number of likely N-dealkylation sites (tertiary alicyclic amines) is 1. The molecular weight excluding hydrogens is 224 g/mol. The molecule has 1 aliphatic heterocycles. The van der Waals surface area contributed by atoms with Crippen molar-refractivity contribution in [1.82, 2.24) is 4.90 Å². The Bertz CT molecular complexity index is 386. The Kier molecular flexibility index (Phi) is 3.93. The lowest BCUT2D eigenvalue weighted by atomic mass is 9.98. The van der Waals surface area contributed by atoms with Gasteiger partial charge in [0.25, 0.3) is 0 Å². The zero-order valence-corrected chi connectivity index (χ0v) is 11.4. The molecule has 100 valence electrons. The van der Waals surface area contributed by atoms with Gasteiger partial charge >= 0.3 is 0 Å². The van der Waals surface area contributed by atoms with Crippen LogP contribution in [0, 0.1) is 0 Å². The number of nitrogens with zero attached hydrogens (tertiary/aromatic N) is 1. The number of nitrogens with two attached hydrogens (primary N) is 1. The van der Waals surface area contributed by atoms with Crippen LogP contribution >= 0.6 is 0 Å². The fraction of sp³-hybridized carbons (Fsp3) is 0.600. The number of hydrogen-bond donors (Lipinski definition) is 2. The van der Waals surface area contributed by atoms with Crippen LogP contribution in [0.4, 0.5) is 5.69 Å². The Hall–Kier alpha value is -1.06. The molecule has 0 aromatic heterocycles. The predicted octanol–water partition coefficient (Wildman–Crippen LogP) is 2.57. The molecule has 3 N–H and O–H groups in total. The van der Waals surface area contributed by atoms with Gasteiger partial charge in [-0.25, -0.2) is 0 Å². The first kappa shape index (κ1) is 13.4. The third-order valence-corrected chi connectivity index (χ3v) is 4.06. The summed E-state index contributed by atoms with van der Waals surface area (Å²) in [5, 5.41) is 10.1. The van der Waals surface area contributed by atoms with Crippen LogP contribution in [-0.2, 0) is 0 Å². The summed E-state index contributed by atoms with van der Waals surface area (Å²) < 4.78 is 0. The molecule has 0 radical (unpaired) electrons. The lowest BCUT2D eigenvalue weighted by Gasteiger charge is -2.28. The van der Waals surface area contributed by atoms with E-state index in [-0.39, 0.29) is 0 Å². The van der Waals surface area contributed by atoms with Gasteiger partial charge in [-0.2, -0.15) is 0 Å². The van der Waals surface area contributed by atoms with Crippen LogP contribution in [0.25, 0.3) is 0 Å². The molecule has 0 aliphatic carbocycles. The average Bonchev–Trinajstić information content (AvgIpc) is 2.50. The molecular formula is C15H24N2O. The second kappa shape index (κ2) is 5.29. The fourth-order valence-corrected chi connectivity index (χ4v) is 2.66. The van der Waals surface area contributed by atoms with Crippen LogP contribution in [0.5, 0.6) is 0 Å². The Balaban J connectivity index is 2.04. The van der Waals surface area contributed by atoms with E-state index in [0.29, 0.717) is 6.04 Å². The summed E-state index contributed by atoms with van der Waals surface area (Å²) in [5.41, 5.74) is 7.34. The van der Waals surface area contributed by atoms with Gasteiger partial charge < -0.3 is 10.8 Å². The molecule has 1 aliphatic rings. The molecule has 3 heteroatoms. The maximum Gasteiger partial charge on any atom is 0.0632 e. The minimum Gasteiger partial charge on any atom is -0.399 e. The van der Waals surface area contributed by atoms with Crippen molar-refractivity contribution >= 4 is 5.69 Å². The smallest absolute Gasteiger partial charge is 0.0632 e. The summed E-state index contributed by atoms with van der Waals surface area (Å²) in [6.45, 7) is 6.19. The van der Waals surface area contributed by atoms with Crippen LogP contribution in [0.3, 0.4) is 0 Å². The highest BCUT2D eigenvalue weighted by atomic mass is 16.3. The molecule has 0 amide bonds. The monoisotopic (exact) mass is 248 g/mol. The lowest BCUT2D eigenvalue weighted by molar-refractivity contribution is 0.0433. The molecule has 1 fully saturated rings. The van der Waals surface area contributed by atoms with Crippen molar-refractivity contribution in [2.24, 2.45) is 0 Å². The highest BCUT2D eigenvalue weighted by Gasteiger charge is 2.27. The summed E-state index contributed by atoms with van der Waals surface area (Å²) in [5.74, 6) is 0. The molecule has 1 heterocycles. The molecule has 2 unspecified atom stereocenters. The van der Waals surface area contributed by atoms with Crippen molar-refractivity contribution in [2.75, 3.05) is 18.8 Å². The van der Waals surface area contributed by atoms with E-state index in [1.807, 2.05) is 19.1 Å². The first-order chi connectivity index (χ1) is 8.48. The van der Waals surface area contributed by atoms with E-state index in [1.54, 1.807) is 0 Å². The second-order valence-electron chi connectivity index (χ2n) is 5.73. The van der Waals surface area contributed by atoms with Crippen molar-refractivity contribution in [3.05, 3.63) is 29.8 Å². The standard InChI is InChI=1S/C15H24N2O/c1-12(13-4-6-14(16)7-5-13)17-10-3-8-15(2,18)9-11-17/h4-7,12,18H,3,8-11,16H2,1-2H3. The van der Waals surface area contributed by atoms with Gasteiger partial charge in [0.05, 0.1) is 5.60 Å². The minimum absolute atomic E-state index is 0.388. The normalized spacial score (nSPS) is 27.7. The number of aliphatic hydroxyl groups is 1. The number of rotatable bonds is 2. The van der Waals surface area contributed by atoms with Gasteiger partial charge in [-0.15, -0.1) is 0 Å². The van der Waals surface area contributed by atoms with Crippen LogP contribution < -0.4 is 5.73 Å². The Labute approximate surface area is 110 Å². The zero-order valence-electron chi connectivity index (χ0n) is 11.4.